The zero-order valence-corrected chi connectivity index (χ0v) is 32.2. The molecule has 0 N–H and O–H groups in total. The van der Waals surface area contributed by atoms with Gasteiger partial charge in [0.15, 0.2) is 0 Å². The smallest absolute Gasteiger partial charge is 0.115 e. The van der Waals surface area contributed by atoms with Crippen LogP contribution in [0.1, 0.15) is 0 Å². The van der Waals surface area contributed by atoms with Crippen molar-refractivity contribution in [1.82, 2.24) is 9.13 Å². The van der Waals surface area contributed by atoms with Crippen LogP contribution in [0.5, 0.6) is 0 Å². The maximum atomic E-state index is 7.28. The number of aromatic nitrogens is 2. The number of nitrogens with zero attached hydrogens (tertiary/aromatic N) is 2. The Labute approximate surface area is 347 Å². The van der Waals surface area contributed by atoms with Gasteiger partial charge >= 0.3 is 0 Å². The van der Waals surface area contributed by atoms with Crippen LogP contribution in [0, 0.1) is 0 Å². The fourth-order valence-electron chi connectivity index (χ4n) is 9.04. The molecule has 5 heteroatoms. The van der Waals surface area contributed by atoms with Gasteiger partial charge < -0.3 is 9.13 Å². The third-order valence-corrected chi connectivity index (χ3v) is 11.8. The Bertz CT molecular complexity index is 3390. The van der Waals surface area contributed by atoms with Crippen LogP contribution in [0.25, 0.3) is 99.5 Å². The summed E-state index contributed by atoms with van der Waals surface area (Å²) in [5.41, 5.74) is 16.4. The molecule has 0 fully saturated rings. The molecule has 0 atom stereocenters. The molecule has 11 aromatic rings. The van der Waals surface area contributed by atoms with Crippen molar-refractivity contribution in [3.8, 4) is 55.9 Å². The summed E-state index contributed by atoms with van der Waals surface area (Å²) in [6.45, 7) is 0. The minimum Gasteiger partial charge on any atom is -0.310 e. The van der Waals surface area contributed by atoms with Crippen molar-refractivity contribution < 1.29 is 0 Å². The third-order valence-electron chi connectivity index (χ3n) is 11.8. The van der Waals surface area contributed by atoms with Crippen molar-refractivity contribution in [2.75, 3.05) is 0 Å². The van der Waals surface area contributed by atoms with Crippen LogP contribution in [0.2, 0.25) is 0 Å². The van der Waals surface area contributed by atoms with Crippen LogP contribution in [-0.4, -0.2) is 32.7 Å². The Morgan fingerprint density at radius 1 is 0.288 bits per heavy atom. The normalized spacial score (nSPS) is 11.6. The lowest BCUT2D eigenvalue weighted by molar-refractivity contribution is 1.18. The van der Waals surface area contributed by atoms with Gasteiger partial charge in [-0.05, 0) is 105 Å². The lowest BCUT2D eigenvalue weighted by Gasteiger charge is -2.19. The molecule has 268 valence electrons. The van der Waals surface area contributed by atoms with Crippen LogP contribution in [0.4, 0.5) is 0 Å². The fourth-order valence-corrected chi connectivity index (χ4v) is 9.04. The lowest BCUT2D eigenvalue weighted by atomic mass is 9.69. The quantitative estimate of drug-likeness (QED) is 0.150. The molecule has 0 saturated heterocycles. The van der Waals surface area contributed by atoms with E-state index in [2.05, 4.69) is 179 Å². The van der Waals surface area contributed by atoms with Gasteiger partial charge in [-0.15, -0.1) is 0 Å². The summed E-state index contributed by atoms with van der Waals surface area (Å²) in [6, 6.07) is 70.5. The lowest BCUT2D eigenvalue weighted by Crippen LogP contribution is -2.35. The molecule has 0 bridgehead atoms. The zero-order chi connectivity index (χ0) is 39.6. The third kappa shape index (κ3) is 5.68. The second kappa shape index (κ2) is 14.0. The van der Waals surface area contributed by atoms with E-state index in [-0.39, 0.29) is 0 Å². The highest BCUT2D eigenvalue weighted by molar-refractivity contribution is 6.60. The summed E-state index contributed by atoms with van der Waals surface area (Å²) in [4.78, 5) is 0. The van der Waals surface area contributed by atoms with E-state index in [4.69, 9.17) is 23.5 Å². The molecule has 0 amide bonds. The van der Waals surface area contributed by atoms with Crippen molar-refractivity contribution in [2.45, 2.75) is 0 Å². The summed E-state index contributed by atoms with van der Waals surface area (Å²) in [7, 11) is 21.4. The van der Waals surface area contributed by atoms with E-state index < -0.39 is 0 Å². The summed E-state index contributed by atoms with van der Waals surface area (Å²) in [6.07, 6.45) is 0. The molecule has 9 aromatic carbocycles. The Balaban J connectivity index is 1.10. The predicted molar refractivity (Wildman–Crippen MR) is 253 cm³/mol. The van der Waals surface area contributed by atoms with Gasteiger partial charge in [-0.2, -0.15) is 0 Å². The van der Waals surface area contributed by atoms with E-state index in [0.29, 0.717) is 16.4 Å². The molecule has 0 aliphatic rings. The average Bonchev–Trinajstić information content (AvgIpc) is 3.82. The molecule has 11 rings (SSSR count). The second-order valence-corrected chi connectivity index (χ2v) is 15.2. The number of fused-ring (bicyclic) bond motifs is 6. The number of para-hydroxylation sites is 2. The molecule has 0 aliphatic carbocycles. The summed E-state index contributed by atoms with van der Waals surface area (Å²) in [5, 5.41) is 4.15. The highest BCUT2D eigenvalue weighted by Gasteiger charge is 2.22. The molecule has 0 saturated carbocycles. The van der Waals surface area contributed by atoms with E-state index >= 15 is 0 Å². The van der Waals surface area contributed by atoms with Gasteiger partial charge in [-0.25, -0.2) is 0 Å². The molecular weight excluding hydrogens is 709 g/mol. The van der Waals surface area contributed by atoms with Gasteiger partial charge in [-0.3, -0.25) is 0 Å². The fraction of sp³-hybridized carbons (Fsp3) is 0. The predicted octanol–water partition coefficient (Wildman–Crippen LogP) is 10.9. The topological polar surface area (TPSA) is 9.86 Å². The minimum absolute atomic E-state index is 0.468. The van der Waals surface area contributed by atoms with Crippen molar-refractivity contribution >= 4 is 83.5 Å². The zero-order valence-electron chi connectivity index (χ0n) is 32.2. The first kappa shape index (κ1) is 35.0. The van der Waals surface area contributed by atoms with Crippen molar-refractivity contribution in [3.05, 3.63) is 200 Å². The number of benzene rings is 9. The molecule has 0 spiro atoms. The number of hydrogen-bond acceptors (Lipinski definition) is 0. The maximum Gasteiger partial charge on any atom is 0.115 e. The maximum absolute atomic E-state index is 7.28. The Morgan fingerprint density at radius 3 is 1.39 bits per heavy atom. The van der Waals surface area contributed by atoms with E-state index in [1.165, 1.54) is 16.7 Å². The molecule has 6 radical (unpaired) electrons. The largest absolute Gasteiger partial charge is 0.310 e. The van der Waals surface area contributed by atoms with Gasteiger partial charge in [0.25, 0.3) is 0 Å². The van der Waals surface area contributed by atoms with Crippen molar-refractivity contribution in [3.63, 3.8) is 0 Å². The van der Waals surface area contributed by atoms with Gasteiger partial charge in [0, 0.05) is 38.4 Å². The van der Waals surface area contributed by atoms with E-state index in [1.807, 2.05) is 30.3 Å². The Kier molecular flexibility index (Phi) is 8.30. The molecule has 59 heavy (non-hydrogen) atoms. The highest BCUT2D eigenvalue weighted by Crippen LogP contribution is 2.38. The summed E-state index contributed by atoms with van der Waals surface area (Å²) >= 11 is 0. The molecule has 2 nitrogen and oxygen atoms in total. The first-order chi connectivity index (χ1) is 29.0. The van der Waals surface area contributed by atoms with E-state index in [9.17, 15) is 0 Å². The van der Waals surface area contributed by atoms with E-state index in [0.717, 1.165) is 82.8 Å². The molecule has 0 aliphatic heterocycles. The van der Waals surface area contributed by atoms with Gasteiger partial charge in [0.2, 0.25) is 0 Å². The number of rotatable bonds is 6. The Morgan fingerprint density at radius 2 is 0.746 bits per heavy atom. The van der Waals surface area contributed by atoms with Crippen molar-refractivity contribution in [1.29, 1.82) is 0 Å². The summed E-state index contributed by atoms with van der Waals surface area (Å²) in [5.74, 6) is 0. The highest BCUT2D eigenvalue weighted by atomic mass is 15.0. The van der Waals surface area contributed by atoms with E-state index in [1.54, 1.807) is 0 Å². The number of hydrogen-bond donors (Lipinski definition) is 0. The first-order valence-electron chi connectivity index (χ1n) is 19.9. The monoisotopic (exact) mass is 742 g/mol. The van der Waals surface area contributed by atoms with Crippen LogP contribution in [0.3, 0.4) is 0 Å². The van der Waals surface area contributed by atoms with Crippen LogP contribution in [0.15, 0.2) is 200 Å². The van der Waals surface area contributed by atoms with Crippen molar-refractivity contribution in [2.24, 2.45) is 0 Å². The minimum atomic E-state index is 0.468. The molecular formula is C54H33B3N2. The molecule has 0 unspecified atom stereocenters. The Hall–Kier alpha value is -7.23. The summed E-state index contributed by atoms with van der Waals surface area (Å²) < 4.78 is 4.52. The standard InChI is InChI=1S/C54H33B3N2/c55-51-49(52(56)53(57)54-50(51)43-21-10-11-22-46(43)59(54)41-19-8-3-9-20-41)40-26-30-48-45(33-40)44-32-39(35-15-6-2-7-16-35)25-29-47(44)58(48)42-27-23-36(24-28-42)38-18-12-17-37(31-38)34-13-4-1-5-14-34/h1-33H. The van der Waals surface area contributed by atoms with Gasteiger partial charge in [0.1, 0.15) is 23.5 Å². The molecule has 2 aromatic heterocycles. The SMILES string of the molecule is [B]c1c(-c2ccc3c(c2)c2cc(-c4ccccc4)ccc2n3-c2ccc(-c3cccc(-c4ccccc4)c3)cc2)c([B])c2c3ccccc3n(-c3ccccc3)c2c1[B]. The van der Waals surface area contributed by atoms with Crippen LogP contribution < -0.4 is 16.4 Å². The van der Waals surface area contributed by atoms with Gasteiger partial charge in [-0.1, -0.05) is 156 Å². The van der Waals surface area contributed by atoms with Gasteiger partial charge in [0.05, 0.1) is 16.6 Å². The van der Waals surface area contributed by atoms with Crippen LogP contribution in [-0.2, 0) is 0 Å². The van der Waals surface area contributed by atoms with Crippen LogP contribution >= 0.6 is 0 Å². The second-order valence-electron chi connectivity index (χ2n) is 15.2. The molecule has 2 heterocycles. The average molecular weight is 742 g/mol. The first-order valence-corrected chi connectivity index (χ1v) is 19.9.